The number of unbranched alkanes of at least 4 members (excludes halogenated alkanes) is 11. The minimum atomic E-state index is -1.45. The van der Waals surface area contributed by atoms with Gasteiger partial charge in [-0.3, -0.25) is 14.4 Å². The van der Waals surface area contributed by atoms with Gasteiger partial charge in [0.15, 0.2) is 0 Å². The average molecular weight is 527 g/mol. The van der Waals surface area contributed by atoms with Crippen molar-refractivity contribution in [2.24, 2.45) is 11.3 Å². The van der Waals surface area contributed by atoms with Gasteiger partial charge in [-0.1, -0.05) is 84.3 Å². The molecule has 0 saturated heterocycles. The van der Waals surface area contributed by atoms with Crippen molar-refractivity contribution < 1.29 is 29.7 Å². The summed E-state index contributed by atoms with van der Waals surface area (Å²) in [7, 11) is 0. The topological polar surface area (TPSA) is 136 Å². The lowest BCUT2D eigenvalue weighted by molar-refractivity contribution is -0.143. The number of carbonyl (C=O) groups excluding carboxylic acids is 2. The fourth-order valence-corrected chi connectivity index (χ4v) is 3.91. The number of aliphatic carboxylic acids is 1. The predicted molar refractivity (Wildman–Crippen MR) is 148 cm³/mol. The molecule has 0 aliphatic heterocycles. The van der Waals surface area contributed by atoms with Gasteiger partial charge >= 0.3 is 5.97 Å². The maximum Gasteiger partial charge on any atom is 0.308 e. The zero-order chi connectivity index (χ0) is 27.9. The molecule has 0 aromatic heterocycles. The van der Waals surface area contributed by atoms with E-state index in [1.54, 1.807) is 0 Å². The molecule has 0 spiro atoms. The van der Waals surface area contributed by atoms with Gasteiger partial charge in [-0.05, 0) is 38.5 Å². The molecule has 0 aromatic rings. The predicted octanol–water partition coefficient (Wildman–Crippen LogP) is 4.73. The SMILES string of the molecule is CCCCCCCCC=CCCCCCCCC(=O)NCCC(CNC(=O)[C@@H](O)C(C)(C)CO)C(=O)O. The van der Waals surface area contributed by atoms with E-state index in [4.69, 9.17) is 0 Å². The molecule has 5 N–H and O–H groups in total. The molecule has 8 nitrogen and oxygen atoms in total. The van der Waals surface area contributed by atoms with E-state index in [9.17, 15) is 29.7 Å². The second-order valence-electron chi connectivity index (χ2n) is 10.8. The quantitative estimate of drug-likeness (QED) is 0.0911. The molecule has 2 atom stereocenters. The van der Waals surface area contributed by atoms with Gasteiger partial charge in [0.05, 0.1) is 12.5 Å². The van der Waals surface area contributed by atoms with E-state index in [0.29, 0.717) is 6.42 Å². The molecule has 0 aliphatic rings. The van der Waals surface area contributed by atoms with Gasteiger partial charge in [-0.2, -0.15) is 0 Å². The van der Waals surface area contributed by atoms with Crippen LogP contribution >= 0.6 is 0 Å². The molecule has 1 unspecified atom stereocenters. The lowest BCUT2D eigenvalue weighted by atomic mass is 9.87. The number of carbonyl (C=O) groups is 3. The van der Waals surface area contributed by atoms with E-state index in [0.717, 1.165) is 25.7 Å². The van der Waals surface area contributed by atoms with E-state index >= 15 is 0 Å². The minimum absolute atomic E-state index is 0.0917. The van der Waals surface area contributed by atoms with Crippen molar-refractivity contribution in [3.63, 3.8) is 0 Å². The third kappa shape index (κ3) is 18.9. The first-order valence-corrected chi connectivity index (χ1v) is 14.4. The van der Waals surface area contributed by atoms with Crippen LogP contribution in [0.15, 0.2) is 12.2 Å². The van der Waals surface area contributed by atoms with Gasteiger partial charge in [0.1, 0.15) is 6.10 Å². The summed E-state index contributed by atoms with van der Waals surface area (Å²) in [4.78, 5) is 35.5. The van der Waals surface area contributed by atoms with Crippen molar-refractivity contribution >= 4 is 17.8 Å². The Hall–Kier alpha value is -1.93. The molecule has 0 rings (SSSR count). The summed E-state index contributed by atoms with van der Waals surface area (Å²) in [6.45, 7) is 4.99. The van der Waals surface area contributed by atoms with Gasteiger partial charge in [-0.15, -0.1) is 0 Å². The van der Waals surface area contributed by atoms with Crippen molar-refractivity contribution in [1.82, 2.24) is 10.6 Å². The molecular weight excluding hydrogens is 472 g/mol. The first-order chi connectivity index (χ1) is 17.7. The monoisotopic (exact) mass is 526 g/mol. The van der Waals surface area contributed by atoms with Crippen LogP contribution in [0.5, 0.6) is 0 Å². The highest BCUT2D eigenvalue weighted by Gasteiger charge is 2.33. The van der Waals surface area contributed by atoms with Crippen LogP contribution in [-0.2, 0) is 14.4 Å². The number of nitrogens with one attached hydrogen (secondary N) is 2. The second kappa shape index (κ2) is 22.1. The summed E-state index contributed by atoms with van der Waals surface area (Å²) in [5, 5.41) is 33.8. The van der Waals surface area contributed by atoms with Gasteiger partial charge in [0, 0.05) is 24.9 Å². The summed E-state index contributed by atoms with van der Waals surface area (Å²) in [6.07, 6.45) is 19.4. The van der Waals surface area contributed by atoms with Gasteiger partial charge in [0.2, 0.25) is 11.8 Å². The van der Waals surface area contributed by atoms with Crippen molar-refractivity contribution in [3.8, 4) is 0 Å². The summed E-state index contributed by atoms with van der Waals surface area (Å²) in [5.74, 6) is -2.78. The number of carboxylic acid groups (broad SMARTS) is 1. The molecule has 0 fully saturated rings. The van der Waals surface area contributed by atoms with E-state index in [1.807, 2.05) is 0 Å². The Morgan fingerprint density at radius 2 is 1.38 bits per heavy atom. The molecule has 8 heteroatoms. The maximum atomic E-state index is 12.0. The zero-order valence-corrected chi connectivity index (χ0v) is 23.6. The Morgan fingerprint density at radius 1 is 0.838 bits per heavy atom. The summed E-state index contributed by atoms with van der Waals surface area (Å²) < 4.78 is 0. The van der Waals surface area contributed by atoms with Crippen LogP contribution in [0, 0.1) is 11.3 Å². The molecule has 0 bridgehead atoms. The Morgan fingerprint density at radius 3 is 1.92 bits per heavy atom. The van der Waals surface area contributed by atoms with Crippen LogP contribution in [0.3, 0.4) is 0 Å². The number of allylic oxidation sites excluding steroid dienone is 2. The summed E-state index contributed by atoms with van der Waals surface area (Å²) in [5.41, 5.74) is -1.03. The molecule has 37 heavy (non-hydrogen) atoms. The summed E-state index contributed by atoms with van der Waals surface area (Å²) >= 11 is 0. The molecule has 0 radical (unpaired) electrons. The van der Waals surface area contributed by atoms with Crippen LogP contribution in [0.2, 0.25) is 0 Å². The molecular formula is C29H54N2O6. The number of hydrogen-bond acceptors (Lipinski definition) is 5. The van der Waals surface area contributed by atoms with Gasteiger partial charge in [0.25, 0.3) is 0 Å². The highest BCUT2D eigenvalue weighted by Crippen LogP contribution is 2.19. The van der Waals surface area contributed by atoms with Gasteiger partial charge in [-0.25, -0.2) is 0 Å². The van der Waals surface area contributed by atoms with Crippen molar-refractivity contribution in [2.45, 2.75) is 123 Å². The lowest BCUT2D eigenvalue weighted by Crippen LogP contribution is -2.47. The fraction of sp³-hybridized carbons (Fsp3) is 0.828. The van der Waals surface area contributed by atoms with Crippen LogP contribution < -0.4 is 10.6 Å². The largest absolute Gasteiger partial charge is 0.481 e. The van der Waals surface area contributed by atoms with E-state index in [1.165, 1.54) is 71.6 Å². The first-order valence-electron chi connectivity index (χ1n) is 14.4. The molecule has 0 saturated carbocycles. The third-order valence-corrected chi connectivity index (χ3v) is 6.75. The first kappa shape index (κ1) is 35.1. The summed E-state index contributed by atoms with van der Waals surface area (Å²) in [6, 6.07) is 0. The van der Waals surface area contributed by atoms with Crippen LogP contribution in [0.1, 0.15) is 117 Å². The Bertz CT molecular complexity index is 650. The molecule has 216 valence electrons. The zero-order valence-electron chi connectivity index (χ0n) is 23.6. The van der Waals surface area contributed by atoms with E-state index in [2.05, 4.69) is 29.7 Å². The maximum absolute atomic E-state index is 12.0. The van der Waals surface area contributed by atoms with Crippen LogP contribution in [-0.4, -0.2) is 58.9 Å². The third-order valence-electron chi connectivity index (χ3n) is 6.75. The second-order valence-corrected chi connectivity index (χ2v) is 10.8. The van der Waals surface area contributed by atoms with Crippen molar-refractivity contribution in [1.29, 1.82) is 0 Å². The normalized spacial score (nSPS) is 13.4. The number of hydrogen-bond donors (Lipinski definition) is 5. The molecule has 0 aromatic carbocycles. The standard InChI is InChI=1S/C29H54N2O6/c1-4-5-6-7-8-9-10-11-12-13-14-15-16-17-18-19-25(33)30-21-20-24(28(36)37)22-31-27(35)26(34)29(2,3)23-32/h11-12,24,26,32,34H,4-10,13-23H2,1-3H3,(H,30,33)(H,31,35)(H,36,37)/t24?,26-/m1/s1. The highest BCUT2D eigenvalue weighted by molar-refractivity contribution is 5.82. The Kier molecular flexibility index (Phi) is 20.9. The molecule has 0 heterocycles. The van der Waals surface area contributed by atoms with Crippen LogP contribution in [0.4, 0.5) is 0 Å². The lowest BCUT2D eigenvalue weighted by Gasteiger charge is -2.27. The average Bonchev–Trinajstić information content (AvgIpc) is 2.87. The number of aliphatic hydroxyl groups excluding tert-OH is 2. The Labute approximate surface area is 224 Å². The highest BCUT2D eigenvalue weighted by atomic mass is 16.4. The van der Waals surface area contributed by atoms with Gasteiger partial charge < -0.3 is 26.0 Å². The van der Waals surface area contributed by atoms with Crippen LogP contribution in [0.25, 0.3) is 0 Å². The number of aliphatic hydroxyl groups is 2. The van der Waals surface area contributed by atoms with E-state index < -0.39 is 29.3 Å². The van der Waals surface area contributed by atoms with Crippen molar-refractivity contribution in [3.05, 3.63) is 12.2 Å². The molecule has 2 amide bonds. The fourth-order valence-electron chi connectivity index (χ4n) is 3.91. The van der Waals surface area contributed by atoms with Crippen molar-refractivity contribution in [2.75, 3.05) is 19.7 Å². The van der Waals surface area contributed by atoms with E-state index in [-0.39, 0.29) is 32.0 Å². The number of carboxylic acids is 1. The smallest absolute Gasteiger partial charge is 0.308 e. The number of amides is 2. The molecule has 0 aliphatic carbocycles. The Balaban J connectivity index is 3.82. The minimum Gasteiger partial charge on any atom is -0.481 e. The number of rotatable bonds is 24.